The minimum absolute atomic E-state index is 0.138. The van der Waals surface area contributed by atoms with Gasteiger partial charge in [0.1, 0.15) is 0 Å². The number of nitrogens with one attached hydrogen (secondary N) is 1. The van der Waals surface area contributed by atoms with Crippen LogP contribution in [0.1, 0.15) is 12.5 Å². The fourth-order valence-electron chi connectivity index (χ4n) is 1.48. The quantitative estimate of drug-likeness (QED) is 0.749. The third-order valence-electron chi connectivity index (χ3n) is 2.26. The first kappa shape index (κ1) is 9.64. The van der Waals surface area contributed by atoms with E-state index >= 15 is 0 Å². The zero-order valence-electron chi connectivity index (χ0n) is 7.73. The predicted octanol–water partition coefficient (Wildman–Crippen LogP) is 0.766. The topological polar surface area (TPSA) is 55.4 Å². The van der Waals surface area contributed by atoms with E-state index in [1.54, 1.807) is 6.92 Å². The maximum atomic E-state index is 11.1. The first-order valence-corrected chi connectivity index (χ1v) is 5.67. The highest BCUT2D eigenvalue weighted by Gasteiger charge is 2.39. The number of benzene rings is 1. The van der Waals surface area contributed by atoms with Gasteiger partial charge in [0, 0.05) is 0 Å². The van der Waals surface area contributed by atoms with Crippen LogP contribution in [0.2, 0.25) is 0 Å². The van der Waals surface area contributed by atoms with E-state index in [-0.39, 0.29) is 6.61 Å². The molecule has 2 rings (SSSR count). The molecular formula is C9H11NO3S. The molecule has 0 spiro atoms. The van der Waals surface area contributed by atoms with Gasteiger partial charge in [-0.2, -0.15) is 13.1 Å². The zero-order valence-corrected chi connectivity index (χ0v) is 8.54. The molecule has 1 heterocycles. The SMILES string of the molecule is CC1(c2ccccc2)COS(=O)(=O)N1. The highest BCUT2D eigenvalue weighted by molar-refractivity contribution is 7.85. The lowest BCUT2D eigenvalue weighted by atomic mass is 9.94. The second-order valence-electron chi connectivity index (χ2n) is 3.52. The number of hydrogen-bond acceptors (Lipinski definition) is 3. The minimum Gasteiger partial charge on any atom is -0.256 e. The van der Waals surface area contributed by atoms with Gasteiger partial charge in [-0.25, -0.2) is 0 Å². The van der Waals surface area contributed by atoms with Gasteiger partial charge in [-0.05, 0) is 12.5 Å². The third-order valence-corrected chi connectivity index (χ3v) is 3.39. The Kier molecular flexibility index (Phi) is 2.10. The average molecular weight is 213 g/mol. The van der Waals surface area contributed by atoms with E-state index in [1.807, 2.05) is 30.3 Å². The van der Waals surface area contributed by atoms with Crippen molar-refractivity contribution in [2.75, 3.05) is 6.61 Å². The van der Waals surface area contributed by atoms with Gasteiger partial charge in [-0.1, -0.05) is 30.3 Å². The maximum Gasteiger partial charge on any atom is 0.336 e. The van der Waals surface area contributed by atoms with Crippen molar-refractivity contribution >= 4 is 10.3 Å². The lowest BCUT2D eigenvalue weighted by Crippen LogP contribution is -2.37. The molecule has 4 nitrogen and oxygen atoms in total. The summed E-state index contributed by atoms with van der Waals surface area (Å²) in [6.07, 6.45) is 0. The molecule has 5 heteroatoms. The van der Waals surface area contributed by atoms with Crippen molar-refractivity contribution in [1.82, 2.24) is 4.72 Å². The van der Waals surface area contributed by atoms with Crippen LogP contribution in [0, 0.1) is 0 Å². The molecular weight excluding hydrogens is 202 g/mol. The fourth-order valence-corrected chi connectivity index (χ4v) is 2.66. The molecule has 0 saturated carbocycles. The Hall–Kier alpha value is -0.910. The van der Waals surface area contributed by atoms with E-state index < -0.39 is 15.8 Å². The van der Waals surface area contributed by atoms with Crippen LogP contribution in [-0.2, 0) is 20.0 Å². The molecule has 0 bridgehead atoms. The first-order valence-electron chi connectivity index (χ1n) is 4.26. The van der Waals surface area contributed by atoms with Crippen molar-refractivity contribution in [3.63, 3.8) is 0 Å². The van der Waals surface area contributed by atoms with E-state index in [2.05, 4.69) is 8.91 Å². The monoisotopic (exact) mass is 213 g/mol. The second-order valence-corrected chi connectivity index (χ2v) is 4.86. The highest BCUT2D eigenvalue weighted by Crippen LogP contribution is 2.27. The van der Waals surface area contributed by atoms with Crippen LogP contribution in [-0.4, -0.2) is 15.0 Å². The largest absolute Gasteiger partial charge is 0.336 e. The van der Waals surface area contributed by atoms with Crippen LogP contribution in [0.15, 0.2) is 30.3 Å². The van der Waals surface area contributed by atoms with Gasteiger partial charge in [0.05, 0.1) is 12.1 Å². The number of hydrogen-bond donors (Lipinski definition) is 1. The molecule has 76 valence electrons. The Morgan fingerprint density at radius 1 is 1.36 bits per heavy atom. The van der Waals surface area contributed by atoms with Crippen LogP contribution in [0.4, 0.5) is 0 Å². The normalized spacial score (nSPS) is 30.4. The fraction of sp³-hybridized carbons (Fsp3) is 0.333. The van der Waals surface area contributed by atoms with Crippen LogP contribution in [0.5, 0.6) is 0 Å². The molecule has 0 aromatic heterocycles. The molecule has 1 N–H and O–H groups in total. The van der Waals surface area contributed by atoms with Crippen LogP contribution < -0.4 is 4.72 Å². The summed E-state index contributed by atoms with van der Waals surface area (Å²) in [5, 5.41) is 0. The number of rotatable bonds is 1. The van der Waals surface area contributed by atoms with Crippen LogP contribution in [0.25, 0.3) is 0 Å². The highest BCUT2D eigenvalue weighted by atomic mass is 32.2. The van der Waals surface area contributed by atoms with Crippen molar-refractivity contribution in [1.29, 1.82) is 0 Å². The van der Waals surface area contributed by atoms with Gasteiger partial charge in [0.2, 0.25) is 0 Å². The molecule has 0 radical (unpaired) electrons. The van der Waals surface area contributed by atoms with Crippen molar-refractivity contribution < 1.29 is 12.6 Å². The summed E-state index contributed by atoms with van der Waals surface area (Å²) in [6.45, 7) is 1.94. The lowest BCUT2D eigenvalue weighted by molar-refractivity contribution is 0.286. The Morgan fingerprint density at radius 2 is 2.00 bits per heavy atom. The molecule has 14 heavy (non-hydrogen) atoms. The first-order chi connectivity index (χ1) is 6.52. The van der Waals surface area contributed by atoms with Crippen molar-refractivity contribution in [2.24, 2.45) is 0 Å². The molecule has 0 amide bonds. The Labute approximate surface area is 83.2 Å². The zero-order chi connectivity index (χ0) is 10.2. The smallest absolute Gasteiger partial charge is 0.256 e. The molecule has 1 aromatic carbocycles. The second kappa shape index (κ2) is 3.05. The summed E-state index contributed by atoms with van der Waals surface area (Å²) in [7, 11) is -3.55. The summed E-state index contributed by atoms with van der Waals surface area (Å²) >= 11 is 0. The lowest BCUT2D eigenvalue weighted by Gasteiger charge is -2.20. The summed E-state index contributed by atoms with van der Waals surface area (Å²) < 4.78 is 29.3. The van der Waals surface area contributed by atoms with Gasteiger partial charge >= 0.3 is 10.3 Å². The molecule has 1 atom stereocenters. The predicted molar refractivity (Wildman–Crippen MR) is 51.8 cm³/mol. The van der Waals surface area contributed by atoms with Gasteiger partial charge in [0.25, 0.3) is 0 Å². The Balaban J connectivity index is 2.37. The molecule has 1 fully saturated rings. The summed E-state index contributed by atoms with van der Waals surface area (Å²) in [4.78, 5) is 0. The van der Waals surface area contributed by atoms with Crippen LogP contribution >= 0.6 is 0 Å². The third kappa shape index (κ3) is 1.66. The summed E-state index contributed by atoms with van der Waals surface area (Å²) in [5.41, 5.74) is 0.265. The van der Waals surface area contributed by atoms with Crippen LogP contribution in [0.3, 0.4) is 0 Å². The van der Waals surface area contributed by atoms with Crippen molar-refractivity contribution in [3.05, 3.63) is 35.9 Å². The molecule has 0 aliphatic carbocycles. The van der Waals surface area contributed by atoms with Gasteiger partial charge in [-0.15, -0.1) is 0 Å². The molecule has 1 saturated heterocycles. The van der Waals surface area contributed by atoms with E-state index in [0.717, 1.165) is 5.56 Å². The molecule has 1 aliphatic heterocycles. The summed E-state index contributed by atoms with van der Waals surface area (Å²) in [6, 6.07) is 9.37. The van der Waals surface area contributed by atoms with Crippen molar-refractivity contribution in [3.8, 4) is 0 Å². The van der Waals surface area contributed by atoms with Gasteiger partial charge in [0.15, 0.2) is 0 Å². The van der Waals surface area contributed by atoms with Crippen molar-refractivity contribution in [2.45, 2.75) is 12.5 Å². The van der Waals surface area contributed by atoms with Gasteiger partial charge in [-0.3, -0.25) is 4.18 Å². The Morgan fingerprint density at radius 3 is 2.50 bits per heavy atom. The average Bonchev–Trinajstić information content (AvgIpc) is 2.44. The molecule has 1 aromatic rings. The van der Waals surface area contributed by atoms with E-state index in [4.69, 9.17) is 0 Å². The maximum absolute atomic E-state index is 11.1. The Bertz CT molecular complexity index is 429. The minimum atomic E-state index is -3.55. The van der Waals surface area contributed by atoms with E-state index in [0.29, 0.717) is 0 Å². The van der Waals surface area contributed by atoms with E-state index in [1.165, 1.54) is 0 Å². The van der Waals surface area contributed by atoms with Gasteiger partial charge < -0.3 is 0 Å². The molecule has 1 unspecified atom stereocenters. The molecule has 1 aliphatic rings. The summed E-state index contributed by atoms with van der Waals surface area (Å²) in [5.74, 6) is 0. The van der Waals surface area contributed by atoms with E-state index in [9.17, 15) is 8.42 Å². The standard InChI is InChI=1S/C9H11NO3S/c1-9(7-13-14(11,12)10-9)8-5-3-2-4-6-8/h2-6,10H,7H2,1H3.